The molecule has 1 aliphatic rings. The number of hydrogen-bond donors (Lipinski definition) is 1. The Labute approximate surface area is 128 Å². The Morgan fingerprint density at radius 3 is 2.48 bits per heavy atom. The van der Waals surface area contributed by atoms with Crippen LogP contribution in [0.25, 0.3) is 0 Å². The highest BCUT2D eigenvalue weighted by Gasteiger charge is 2.22. The molecule has 1 atom stereocenters. The summed E-state index contributed by atoms with van der Waals surface area (Å²) in [5.41, 5.74) is 1.35. The SMILES string of the molecule is CCNC(C)CC(=O)N1CCN(Cc2ccccc2)CC1. The molecule has 116 valence electrons. The predicted octanol–water partition coefficient (Wildman–Crippen LogP) is 1.72. The quantitative estimate of drug-likeness (QED) is 0.866. The minimum atomic E-state index is 0.268. The summed E-state index contributed by atoms with van der Waals surface area (Å²) < 4.78 is 0. The van der Waals surface area contributed by atoms with Crippen LogP contribution in [0.5, 0.6) is 0 Å². The van der Waals surface area contributed by atoms with Crippen molar-refractivity contribution < 1.29 is 4.79 Å². The van der Waals surface area contributed by atoms with Crippen molar-refractivity contribution in [1.82, 2.24) is 15.1 Å². The van der Waals surface area contributed by atoms with E-state index >= 15 is 0 Å². The molecule has 0 aliphatic carbocycles. The molecule has 0 aromatic heterocycles. The maximum atomic E-state index is 12.2. The second-order valence-electron chi connectivity index (χ2n) is 5.81. The van der Waals surface area contributed by atoms with E-state index in [-0.39, 0.29) is 11.9 Å². The van der Waals surface area contributed by atoms with Crippen LogP contribution in [0.3, 0.4) is 0 Å². The van der Waals surface area contributed by atoms with Crippen LogP contribution in [-0.2, 0) is 11.3 Å². The first-order valence-electron chi connectivity index (χ1n) is 7.96. The normalized spacial score (nSPS) is 17.7. The van der Waals surface area contributed by atoms with E-state index in [1.54, 1.807) is 0 Å². The number of piperazine rings is 1. The smallest absolute Gasteiger partial charge is 0.224 e. The fourth-order valence-electron chi connectivity index (χ4n) is 2.81. The van der Waals surface area contributed by atoms with Gasteiger partial charge in [-0.05, 0) is 19.0 Å². The Balaban J connectivity index is 1.74. The van der Waals surface area contributed by atoms with Crippen LogP contribution < -0.4 is 5.32 Å². The van der Waals surface area contributed by atoms with E-state index in [0.29, 0.717) is 6.42 Å². The molecule has 1 heterocycles. The van der Waals surface area contributed by atoms with Crippen LogP contribution in [0.4, 0.5) is 0 Å². The van der Waals surface area contributed by atoms with Gasteiger partial charge < -0.3 is 10.2 Å². The van der Waals surface area contributed by atoms with Gasteiger partial charge in [0.1, 0.15) is 0 Å². The summed E-state index contributed by atoms with van der Waals surface area (Å²) in [6, 6.07) is 10.8. The highest BCUT2D eigenvalue weighted by molar-refractivity contribution is 5.76. The number of carbonyl (C=O) groups is 1. The monoisotopic (exact) mass is 289 g/mol. The Bertz CT molecular complexity index is 427. The molecule has 1 aliphatic heterocycles. The van der Waals surface area contributed by atoms with E-state index in [1.165, 1.54) is 5.56 Å². The van der Waals surface area contributed by atoms with Crippen molar-refractivity contribution in [1.29, 1.82) is 0 Å². The molecule has 1 N–H and O–H groups in total. The van der Waals surface area contributed by atoms with Gasteiger partial charge in [-0.2, -0.15) is 0 Å². The minimum Gasteiger partial charge on any atom is -0.340 e. The van der Waals surface area contributed by atoms with Crippen LogP contribution in [0.1, 0.15) is 25.8 Å². The number of benzene rings is 1. The topological polar surface area (TPSA) is 35.6 Å². The number of carbonyl (C=O) groups excluding carboxylic acids is 1. The molecule has 1 fully saturated rings. The zero-order valence-electron chi connectivity index (χ0n) is 13.2. The second-order valence-corrected chi connectivity index (χ2v) is 5.81. The molecule has 0 bridgehead atoms. The maximum Gasteiger partial charge on any atom is 0.224 e. The lowest BCUT2D eigenvalue weighted by atomic mass is 10.1. The molecule has 4 nitrogen and oxygen atoms in total. The van der Waals surface area contributed by atoms with E-state index in [1.807, 2.05) is 11.0 Å². The maximum absolute atomic E-state index is 12.2. The van der Waals surface area contributed by atoms with Crippen molar-refractivity contribution in [3.05, 3.63) is 35.9 Å². The van der Waals surface area contributed by atoms with Crippen LogP contribution in [0.15, 0.2) is 30.3 Å². The summed E-state index contributed by atoms with van der Waals surface area (Å²) >= 11 is 0. The summed E-state index contributed by atoms with van der Waals surface area (Å²) in [7, 11) is 0. The Morgan fingerprint density at radius 2 is 1.86 bits per heavy atom. The Kier molecular flexibility index (Phi) is 6.21. The van der Waals surface area contributed by atoms with Crippen molar-refractivity contribution in [3.8, 4) is 0 Å². The third kappa shape index (κ3) is 5.14. The highest BCUT2D eigenvalue weighted by atomic mass is 16.2. The number of amides is 1. The molecule has 2 rings (SSSR count). The summed E-state index contributed by atoms with van der Waals surface area (Å²) in [5.74, 6) is 0.280. The van der Waals surface area contributed by atoms with Gasteiger partial charge >= 0.3 is 0 Å². The van der Waals surface area contributed by atoms with Crippen molar-refractivity contribution in [3.63, 3.8) is 0 Å². The van der Waals surface area contributed by atoms with Crippen LogP contribution in [-0.4, -0.2) is 54.5 Å². The largest absolute Gasteiger partial charge is 0.340 e. The number of rotatable bonds is 6. The van der Waals surface area contributed by atoms with Gasteiger partial charge in [0.15, 0.2) is 0 Å². The third-order valence-corrected chi connectivity index (χ3v) is 4.01. The Morgan fingerprint density at radius 1 is 1.19 bits per heavy atom. The van der Waals surface area contributed by atoms with Gasteiger partial charge in [0.25, 0.3) is 0 Å². The number of nitrogens with zero attached hydrogens (tertiary/aromatic N) is 2. The van der Waals surface area contributed by atoms with Crippen LogP contribution >= 0.6 is 0 Å². The average Bonchev–Trinajstić information content (AvgIpc) is 2.49. The first-order valence-corrected chi connectivity index (χ1v) is 7.96. The van der Waals surface area contributed by atoms with E-state index in [4.69, 9.17) is 0 Å². The van der Waals surface area contributed by atoms with Crippen molar-refractivity contribution in [2.24, 2.45) is 0 Å². The lowest BCUT2D eigenvalue weighted by molar-refractivity contribution is -0.133. The number of hydrogen-bond acceptors (Lipinski definition) is 3. The van der Waals surface area contributed by atoms with Gasteiger partial charge in [0.05, 0.1) is 0 Å². The van der Waals surface area contributed by atoms with Gasteiger partial charge in [-0.1, -0.05) is 37.3 Å². The molecule has 21 heavy (non-hydrogen) atoms. The second kappa shape index (κ2) is 8.15. The zero-order chi connectivity index (χ0) is 15.1. The lowest BCUT2D eigenvalue weighted by Crippen LogP contribution is -2.49. The van der Waals surface area contributed by atoms with Gasteiger partial charge in [-0.3, -0.25) is 9.69 Å². The first-order chi connectivity index (χ1) is 10.2. The molecule has 1 aromatic carbocycles. The summed E-state index contributed by atoms with van der Waals surface area (Å²) in [4.78, 5) is 16.6. The Hall–Kier alpha value is -1.39. The van der Waals surface area contributed by atoms with Gasteiger partial charge in [0.2, 0.25) is 5.91 Å². The van der Waals surface area contributed by atoms with E-state index < -0.39 is 0 Å². The predicted molar refractivity (Wildman–Crippen MR) is 86.1 cm³/mol. The fraction of sp³-hybridized carbons (Fsp3) is 0.588. The van der Waals surface area contributed by atoms with E-state index in [9.17, 15) is 4.79 Å². The molecule has 0 saturated carbocycles. The minimum absolute atomic E-state index is 0.268. The summed E-state index contributed by atoms with van der Waals surface area (Å²) in [5, 5.41) is 3.30. The van der Waals surface area contributed by atoms with Crippen molar-refractivity contribution >= 4 is 5.91 Å². The van der Waals surface area contributed by atoms with Gasteiger partial charge in [-0.15, -0.1) is 0 Å². The van der Waals surface area contributed by atoms with E-state index in [0.717, 1.165) is 39.3 Å². The molecule has 0 spiro atoms. The van der Waals surface area contributed by atoms with E-state index in [2.05, 4.69) is 48.3 Å². The summed E-state index contributed by atoms with van der Waals surface area (Å²) in [6.07, 6.45) is 0.604. The standard InChI is InChI=1S/C17H27N3O/c1-3-18-15(2)13-17(21)20-11-9-19(10-12-20)14-16-7-5-4-6-8-16/h4-8,15,18H,3,9-14H2,1-2H3. The van der Waals surface area contributed by atoms with Gasteiger partial charge in [-0.25, -0.2) is 0 Å². The molecule has 0 radical (unpaired) electrons. The number of nitrogens with one attached hydrogen (secondary N) is 1. The van der Waals surface area contributed by atoms with Crippen LogP contribution in [0, 0.1) is 0 Å². The van der Waals surface area contributed by atoms with Crippen molar-refractivity contribution in [2.45, 2.75) is 32.9 Å². The third-order valence-electron chi connectivity index (χ3n) is 4.01. The van der Waals surface area contributed by atoms with Crippen LogP contribution in [0.2, 0.25) is 0 Å². The molecular formula is C17H27N3O. The first kappa shape index (κ1) is 16.0. The molecule has 4 heteroatoms. The molecule has 1 amide bonds. The molecule has 1 aromatic rings. The lowest BCUT2D eigenvalue weighted by Gasteiger charge is -2.35. The zero-order valence-corrected chi connectivity index (χ0v) is 13.2. The van der Waals surface area contributed by atoms with Crippen molar-refractivity contribution in [2.75, 3.05) is 32.7 Å². The summed E-state index contributed by atoms with van der Waals surface area (Å²) in [6.45, 7) is 9.69. The average molecular weight is 289 g/mol. The molecule has 1 unspecified atom stereocenters. The molecular weight excluding hydrogens is 262 g/mol. The fourth-order valence-corrected chi connectivity index (χ4v) is 2.81. The molecule has 1 saturated heterocycles. The van der Waals surface area contributed by atoms with Gasteiger partial charge in [0, 0.05) is 45.2 Å². The highest BCUT2D eigenvalue weighted by Crippen LogP contribution is 2.09.